The van der Waals surface area contributed by atoms with E-state index in [2.05, 4.69) is 5.32 Å². The molecule has 0 aliphatic carbocycles. The van der Waals surface area contributed by atoms with Crippen molar-refractivity contribution in [3.8, 4) is 0 Å². The van der Waals surface area contributed by atoms with Crippen molar-refractivity contribution in [3.63, 3.8) is 0 Å². The van der Waals surface area contributed by atoms with Gasteiger partial charge in [-0.05, 0) is 50.2 Å². The summed E-state index contributed by atoms with van der Waals surface area (Å²) in [7, 11) is 0. The first kappa shape index (κ1) is 13.2. The average Bonchev–Trinajstić information content (AvgIpc) is 2.40. The summed E-state index contributed by atoms with van der Waals surface area (Å²) in [5.41, 5.74) is 0.557. The molecule has 0 aromatic heterocycles. The van der Waals surface area contributed by atoms with Gasteiger partial charge >= 0.3 is 0 Å². The van der Waals surface area contributed by atoms with E-state index in [9.17, 15) is 9.59 Å². The van der Waals surface area contributed by atoms with E-state index < -0.39 is 0 Å². The predicted molar refractivity (Wildman–Crippen MR) is 71.0 cm³/mol. The second-order valence-electron chi connectivity index (χ2n) is 4.60. The van der Waals surface area contributed by atoms with E-state index in [0.29, 0.717) is 10.6 Å². The Morgan fingerprint density at radius 1 is 1.17 bits per heavy atom. The van der Waals surface area contributed by atoms with Crippen molar-refractivity contribution in [2.45, 2.75) is 19.3 Å². The number of ketones is 2. The van der Waals surface area contributed by atoms with Crippen molar-refractivity contribution < 1.29 is 9.59 Å². The van der Waals surface area contributed by atoms with Gasteiger partial charge in [0.05, 0.1) is 6.42 Å². The Bertz CT molecular complexity index is 436. The van der Waals surface area contributed by atoms with Crippen LogP contribution in [0.4, 0.5) is 0 Å². The topological polar surface area (TPSA) is 46.2 Å². The number of hydrogen-bond acceptors (Lipinski definition) is 3. The molecule has 0 unspecified atom stereocenters. The Balaban J connectivity index is 1.94. The molecule has 18 heavy (non-hydrogen) atoms. The molecule has 0 saturated carbocycles. The van der Waals surface area contributed by atoms with Gasteiger partial charge in [0.1, 0.15) is 5.78 Å². The van der Waals surface area contributed by atoms with E-state index in [1.54, 1.807) is 24.3 Å². The summed E-state index contributed by atoms with van der Waals surface area (Å²) in [6.45, 7) is 1.73. The zero-order valence-electron chi connectivity index (χ0n) is 10.1. The highest BCUT2D eigenvalue weighted by molar-refractivity contribution is 6.30. The van der Waals surface area contributed by atoms with Crippen molar-refractivity contribution in [2.24, 2.45) is 5.92 Å². The molecule has 0 atom stereocenters. The second-order valence-corrected chi connectivity index (χ2v) is 5.03. The van der Waals surface area contributed by atoms with Crippen LogP contribution in [0.2, 0.25) is 5.02 Å². The normalized spacial score (nSPS) is 16.5. The van der Waals surface area contributed by atoms with Gasteiger partial charge in [0.25, 0.3) is 0 Å². The van der Waals surface area contributed by atoms with Crippen molar-refractivity contribution in [1.82, 2.24) is 5.32 Å². The minimum absolute atomic E-state index is 0.00625. The number of nitrogens with one attached hydrogen (secondary N) is 1. The summed E-state index contributed by atoms with van der Waals surface area (Å²) in [5, 5.41) is 3.80. The van der Waals surface area contributed by atoms with Crippen LogP contribution in [-0.4, -0.2) is 24.7 Å². The number of carbonyl (C=O) groups excluding carboxylic acids is 2. The van der Waals surface area contributed by atoms with Crippen LogP contribution in [0, 0.1) is 5.92 Å². The highest BCUT2D eigenvalue weighted by atomic mass is 35.5. The third-order valence-corrected chi connectivity index (χ3v) is 3.55. The Morgan fingerprint density at radius 3 is 2.39 bits per heavy atom. The molecule has 0 radical (unpaired) electrons. The fourth-order valence-electron chi connectivity index (χ4n) is 2.18. The van der Waals surface area contributed by atoms with E-state index in [4.69, 9.17) is 11.6 Å². The molecule has 1 saturated heterocycles. The molecule has 1 heterocycles. The molecule has 0 spiro atoms. The number of halogens is 1. The number of piperidine rings is 1. The summed E-state index contributed by atoms with van der Waals surface area (Å²) in [4.78, 5) is 23.9. The third-order valence-electron chi connectivity index (χ3n) is 3.30. The highest BCUT2D eigenvalue weighted by Crippen LogP contribution is 2.17. The first-order chi connectivity index (χ1) is 8.66. The largest absolute Gasteiger partial charge is 0.317 e. The molecule has 2 rings (SSSR count). The number of benzene rings is 1. The maximum Gasteiger partial charge on any atom is 0.170 e. The molecule has 96 valence electrons. The molecule has 0 amide bonds. The quantitative estimate of drug-likeness (QED) is 0.672. The van der Waals surface area contributed by atoms with Crippen LogP contribution in [0.3, 0.4) is 0 Å². The van der Waals surface area contributed by atoms with E-state index >= 15 is 0 Å². The lowest BCUT2D eigenvalue weighted by Crippen LogP contribution is -2.32. The average molecular weight is 266 g/mol. The molecule has 1 aromatic carbocycles. The molecule has 1 N–H and O–H groups in total. The Morgan fingerprint density at radius 2 is 1.78 bits per heavy atom. The lowest BCUT2D eigenvalue weighted by molar-refractivity contribution is -0.122. The summed E-state index contributed by atoms with van der Waals surface area (Å²) in [5.74, 6) is -0.00542. The van der Waals surface area contributed by atoms with Crippen LogP contribution >= 0.6 is 11.6 Å². The van der Waals surface area contributed by atoms with E-state index in [0.717, 1.165) is 25.9 Å². The monoisotopic (exact) mass is 265 g/mol. The van der Waals surface area contributed by atoms with Crippen molar-refractivity contribution in [2.75, 3.05) is 13.1 Å². The molecule has 3 nitrogen and oxygen atoms in total. The van der Waals surface area contributed by atoms with Crippen molar-refractivity contribution in [3.05, 3.63) is 34.9 Å². The van der Waals surface area contributed by atoms with Crippen molar-refractivity contribution in [1.29, 1.82) is 0 Å². The molecular weight excluding hydrogens is 250 g/mol. The molecule has 1 aliphatic rings. The first-order valence-electron chi connectivity index (χ1n) is 6.19. The molecule has 1 aromatic rings. The zero-order chi connectivity index (χ0) is 13.0. The van der Waals surface area contributed by atoms with Gasteiger partial charge in [-0.25, -0.2) is 0 Å². The SMILES string of the molecule is O=C(CC(=O)C1CCNCC1)c1ccc(Cl)cc1. The van der Waals surface area contributed by atoms with Gasteiger partial charge < -0.3 is 5.32 Å². The standard InChI is InChI=1S/C14H16ClNO2/c15-12-3-1-10(2-4-12)13(17)9-14(18)11-5-7-16-8-6-11/h1-4,11,16H,5-9H2. The first-order valence-corrected chi connectivity index (χ1v) is 6.57. The van der Waals surface area contributed by atoms with Crippen molar-refractivity contribution >= 4 is 23.2 Å². The highest BCUT2D eigenvalue weighted by Gasteiger charge is 2.23. The van der Waals surface area contributed by atoms with Gasteiger partial charge in [0, 0.05) is 16.5 Å². The van der Waals surface area contributed by atoms with Crippen LogP contribution < -0.4 is 5.32 Å². The number of hydrogen-bond donors (Lipinski definition) is 1. The van der Waals surface area contributed by atoms with Gasteiger partial charge in [-0.1, -0.05) is 11.6 Å². The molecule has 0 bridgehead atoms. The Hall–Kier alpha value is -1.19. The fourth-order valence-corrected chi connectivity index (χ4v) is 2.31. The lowest BCUT2D eigenvalue weighted by Gasteiger charge is -2.21. The number of rotatable bonds is 4. The van der Waals surface area contributed by atoms with Crippen LogP contribution in [0.5, 0.6) is 0 Å². The third kappa shape index (κ3) is 3.40. The van der Waals surface area contributed by atoms with Crippen LogP contribution in [-0.2, 0) is 4.79 Å². The van der Waals surface area contributed by atoms with E-state index in [1.807, 2.05) is 0 Å². The molecule has 4 heteroatoms. The zero-order valence-corrected chi connectivity index (χ0v) is 10.9. The molecule has 1 fully saturated rings. The summed E-state index contributed by atoms with van der Waals surface area (Å²) in [6, 6.07) is 6.67. The van der Waals surface area contributed by atoms with Gasteiger partial charge in [-0.3, -0.25) is 9.59 Å². The Labute approximate surface area is 112 Å². The minimum Gasteiger partial charge on any atom is -0.317 e. The van der Waals surface area contributed by atoms with Crippen LogP contribution in [0.15, 0.2) is 24.3 Å². The van der Waals surface area contributed by atoms with Crippen LogP contribution in [0.25, 0.3) is 0 Å². The lowest BCUT2D eigenvalue weighted by atomic mass is 9.90. The predicted octanol–water partition coefficient (Wildman–Crippen LogP) is 2.48. The van der Waals surface area contributed by atoms with Gasteiger partial charge in [-0.2, -0.15) is 0 Å². The fraction of sp³-hybridized carbons (Fsp3) is 0.429. The van der Waals surface area contributed by atoms with Gasteiger partial charge in [-0.15, -0.1) is 0 Å². The Kier molecular flexibility index (Phi) is 4.50. The smallest absolute Gasteiger partial charge is 0.170 e. The number of Topliss-reactive ketones (excluding diaryl/α,β-unsaturated/α-hetero) is 2. The molecule has 1 aliphatic heterocycles. The van der Waals surface area contributed by atoms with E-state index in [-0.39, 0.29) is 23.9 Å². The van der Waals surface area contributed by atoms with Crippen LogP contribution in [0.1, 0.15) is 29.6 Å². The molecular formula is C14H16ClNO2. The van der Waals surface area contributed by atoms with Gasteiger partial charge in [0.2, 0.25) is 0 Å². The summed E-state index contributed by atoms with van der Waals surface area (Å²) < 4.78 is 0. The van der Waals surface area contributed by atoms with Gasteiger partial charge in [0.15, 0.2) is 5.78 Å². The maximum absolute atomic E-state index is 12.0. The summed E-state index contributed by atoms with van der Waals surface area (Å²) in [6.07, 6.45) is 1.69. The van der Waals surface area contributed by atoms with E-state index in [1.165, 1.54) is 0 Å². The second kappa shape index (κ2) is 6.12. The maximum atomic E-state index is 12.0. The minimum atomic E-state index is -0.116. The summed E-state index contributed by atoms with van der Waals surface area (Å²) >= 11 is 5.76. The number of carbonyl (C=O) groups is 2.